The number of likely N-dealkylation sites (tertiary alicyclic amines) is 1. The van der Waals surface area contributed by atoms with Crippen molar-refractivity contribution < 1.29 is 14.1 Å². The number of benzene rings is 1. The van der Waals surface area contributed by atoms with Crippen LogP contribution in [0.25, 0.3) is 0 Å². The maximum absolute atomic E-state index is 13.9. The SMILES string of the molecule is CN(C)C(=O)C1([N+]2(CCC(CN(C)C(=O)c3cccs3)c3ccc(Cl)c(Cl)c3)CCCCC2)CCNCC1. The average Bonchev–Trinajstić information content (AvgIpc) is 3.47. The Balaban J connectivity index is 1.65. The molecule has 2 aromatic rings. The molecule has 3 heterocycles. The number of piperidine rings is 2. The number of hydrogen-bond donors (Lipinski definition) is 1. The molecule has 6 nitrogen and oxygen atoms in total. The number of hydrogen-bond acceptors (Lipinski definition) is 4. The van der Waals surface area contributed by atoms with Gasteiger partial charge in [-0.1, -0.05) is 35.3 Å². The fourth-order valence-electron chi connectivity index (χ4n) is 6.67. The lowest BCUT2D eigenvalue weighted by molar-refractivity contribution is -0.972. The fourth-order valence-corrected chi connectivity index (χ4v) is 7.69. The van der Waals surface area contributed by atoms with Crippen LogP contribution in [0.2, 0.25) is 10.0 Å². The summed E-state index contributed by atoms with van der Waals surface area (Å²) in [5.41, 5.74) is 0.675. The first-order valence-electron chi connectivity index (χ1n) is 13.7. The van der Waals surface area contributed by atoms with Crippen LogP contribution in [0.4, 0.5) is 0 Å². The van der Waals surface area contributed by atoms with E-state index in [0.717, 1.165) is 79.8 Å². The molecule has 2 amide bonds. The number of carbonyl (C=O) groups is 2. The van der Waals surface area contributed by atoms with Crippen LogP contribution >= 0.6 is 34.5 Å². The Morgan fingerprint density at radius 1 is 1.05 bits per heavy atom. The molecular formula is C29H41Cl2N4O2S+. The van der Waals surface area contributed by atoms with Crippen LogP contribution in [-0.4, -0.2) is 92.0 Å². The topological polar surface area (TPSA) is 52.7 Å². The molecule has 1 N–H and O–H groups in total. The van der Waals surface area contributed by atoms with Crippen molar-refractivity contribution in [2.45, 2.75) is 50.0 Å². The molecule has 2 fully saturated rings. The average molecular weight is 581 g/mol. The number of nitrogens with zero attached hydrogens (tertiary/aromatic N) is 3. The Morgan fingerprint density at radius 2 is 1.76 bits per heavy atom. The monoisotopic (exact) mass is 579 g/mol. The molecule has 1 unspecified atom stereocenters. The predicted octanol–water partition coefficient (Wildman–Crippen LogP) is 5.51. The van der Waals surface area contributed by atoms with Crippen LogP contribution in [0.5, 0.6) is 0 Å². The van der Waals surface area contributed by atoms with E-state index in [0.29, 0.717) is 16.6 Å². The van der Waals surface area contributed by atoms with E-state index >= 15 is 0 Å². The molecule has 9 heteroatoms. The van der Waals surface area contributed by atoms with Gasteiger partial charge in [-0.25, -0.2) is 0 Å². The minimum absolute atomic E-state index is 0.0320. The second-order valence-electron chi connectivity index (χ2n) is 11.2. The van der Waals surface area contributed by atoms with Gasteiger partial charge in [-0.3, -0.25) is 9.59 Å². The molecule has 38 heavy (non-hydrogen) atoms. The molecule has 208 valence electrons. The van der Waals surface area contributed by atoms with Gasteiger partial charge < -0.3 is 19.6 Å². The zero-order chi connectivity index (χ0) is 27.3. The fraction of sp³-hybridized carbons (Fsp3) is 0.586. The van der Waals surface area contributed by atoms with Gasteiger partial charge in [-0.2, -0.15) is 0 Å². The van der Waals surface area contributed by atoms with Crippen LogP contribution < -0.4 is 5.32 Å². The molecule has 0 radical (unpaired) electrons. The molecule has 0 bridgehead atoms. The largest absolute Gasteiger partial charge is 0.343 e. The lowest BCUT2D eigenvalue weighted by Gasteiger charge is -2.56. The molecule has 1 aromatic carbocycles. The lowest BCUT2D eigenvalue weighted by Crippen LogP contribution is -2.74. The molecule has 0 aliphatic carbocycles. The van der Waals surface area contributed by atoms with Crippen LogP contribution in [0, 0.1) is 0 Å². The third kappa shape index (κ3) is 6.07. The van der Waals surface area contributed by atoms with E-state index in [1.807, 2.05) is 66.7 Å². The molecule has 1 atom stereocenters. The van der Waals surface area contributed by atoms with Gasteiger partial charge in [0, 0.05) is 66.0 Å². The van der Waals surface area contributed by atoms with Gasteiger partial charge in [0.2, 0.25) is 0 Å². The number of nitrogens with one attached hydrogen (secondary N) is 1. The van der Waals surface area contributed by atoms with Crippen LogP contribution in [0.3, 0.4) is 0 Å². The summed E-state index contributed by atoms with van der Waals surface area (Å²) in [6.45, 7) is 5.26. The van der Waals surface area contributed by atoms with Crippen molar-refractivity contribution >= 4 is 46.4 Å². The first kappa shape index (κ1) is 29.3. The standard InChI is InChI=1S/C29H41Cl2N4O2S/c1-33(2)28(37)29(12-14-32-15-13-29)35(16-5-4-6-17-35)18-11-23(22-9-10-24(30)25(31)20-22)21-34(3)27(36)26-8-7-19-38-26/h7-10,19-20,23,32H,4-6,11-18,21H2,1-3H3/q+1. The Bertz CT molecular complexity index is 1100. The summed E-state index contributed by atoms with van der Waals surface area (Å²) in [4.78, 5) is 31.4. The first-order valence-corrected chi connectivity index (χ1v) is 15.4. The number of rotatable bonds is 9. The van der Waals surface area contributed by atoms with Crippen LogP contribution in [0.15, 0.2) is 35.7 Å². The van der Waals surface area contributed by atoms with Gasteiger partial charge in [0.15, 0.2) is 5.54 Å². The first-order chi connectivity index (χ1) is 18.2. The minimum Gasteiger partial charge on any atom is -0.343 e. The van der Waals surface area contributed by atoms with E-state index in [4.69, 9.17) is 23.2 Å². The molecule has 2 aliphatic rings. The van der Waals surface area contributed by atoms with Gasteiger partial charge in [0.25, 0.3) is 11.8 Å². The Labute approximate surface area is 241 Å². The van der Waals surface area contributed by atoms with Crippen molar-refractivity contribution in [1.82, 2.24) is 15.1 Å². The van der Waals surface area contributed by atoms with Crippen molar-refractivity contribution in [2.75, 3.05) is 60.4 Å². The van der Waals surface area contributed by atoms with E-state index in [9.17, 15) is 9.59 Å². The molecule has 4 rings (SSSR count). The normalized spacial score (nSPS) is 19.5. The second-order valence-corrected chi connectivity index (χ2v) is 12.9. The highest BCUT2D eigenvalue weighted by atomic mass is 35.5. The molecule has 2 aliphatic heterocycles. The highest BCUT2D eigenvalue weighted by molar-refractivity contribution is 7.12. The number of likely N-dealkylation sites (N-methyl/N-ethyl adjacent to an activating group) is 2. The summed E-state index contributed by atoms with van der Waals surface area (Å²) in [7, 11) is 5.67. The van der Waals surface area contributed by atoms with E-state index in [-0.39, 0.29) is 17.7 Å². The zero-order valence-corrected chi connectivity index (χ0v) is 25.2. The number of carbonyl (C=O) groups excluding carboxylic acids is 2. The van der Waals surface area contributed by atoms with Crippen molar-refractivity contribution in [1.29, 1.82) is 0 Å². The van der Waals surface area contributed by atoms with E-state index in [1.165, 1.54) is 17.8 Å². The van der Waals surface area contributed by atoms with Crippen LogP contribution in [0.1, 0.15) is 59.7 Å². The molecular weight excluding hydrogens is 539 g/mol. The summed E-state index contributed by atoms with van der Waals surface area (Å²) in [5.74, 6) is 0.366. The summed E-state index contributed by atoms with van der Waals surface area (Å²) in [6.07, 6.45) is 6.08. The Kier molecular flexibility index (Phi) is 9.80. The molecule has 0 spiro atoms. The minimum atomic E-state index is -0.407. The Morgan fingerprint density at radius 3 is 2.37 bits per heavy atom. The van der Waals surface area contributed by atoms with E-state index < -0.39 is 5.54 Å². The van der Waals surface area contributed by atoms with Gasteiger partial charge in [-0.15, -0.1) is 11.3 Å². The number of thiophene rings is 1. The molecule has 0 saturated carbocycles. The highest BCUT2D eigenvalue weighted by Gasteiger charge is 2.57. The highest BCUT2D eigenvalue weighted by Crippen LogP contribution is 2.40. The van der Waals surface area contributed by atoms with Gasteiger partial charge >= 0.3 is 0 Å². The number of quaternary nitrogens is 1. The van der Waals surface area contributed by atoms with Crippen molar-refractivity contribution in [3.63, 3.8) is 0 Å². The quantitative estimate of drug-likeness (QED) is 0.398. The number of halogens is 2. The zero-order valence-electron chi connectivity index (χ0n) is 22.8. The summed E-state index contributed by atoms with van der Waals surface area (Å²) >= 11 is 14.2. The van der Waals surface area contributed by atoms with Gasteiger partial charge in [0.1, 0.15) is 0 Å². The van der Waals surface area contributed by atoms with Gasteiger partial charge in [0.05, 0.1) is 34.6 Å². The smallest absolute Gasteiger partial charge is 0.283 e. The summed E-state index contributed by atoms with van der Waals surface area (Å²) in [5, 5.41) is 6.48. The third-order valence-electron chi connectivity index (χ3n) is 8.71. The summed E-state index contributed by atoms with van der Waals surface area (Å²) in [6, 6.07) is 9.62. The van der Waals surface area contributed by atoms with Crippen molar-refractivity contribution in [3.05, 3.63) is 56.2 Å². The predicted molar refractivity (Wildman–Crippen MR) is 157 cm³/mol. The molecule has 2 saturated heterocycles. The summed E-state index contributed by atoms with van der Waals surface area (Å²) < 4.78 is 0.839. The van der Waals surface area contributed by atoms with Gasteiger partial charge in [-0.05, 0) is 48.4 Å². The maximum atomic E-state index is 13.9. The molecule has 1 aromatic heterocycles. The van der Waals surface area contributed by atoms with E-state index in [2.05, 4.69) is 5.32 Å². The third-order valence-corrected chi connectivity index (χ3v) is 10.3. The van der Waals surface area contributed by atoms with Crippen molar-refractivity contribution in [3.8, 4) is 0 Å². The second kappa shape index (κ2) is 12.7. The van der Waals surface area contributed by atoms with Crippen molar-refractivity contribution in [2.24, 2.45) is 0 Å². The Hall–Kier alpha value is -1.64. The van der Waals surface area contributed by atoms with Crippen LogP contribution in [-0.2, 0) is 4.79 Å². The van der Waals surface area contributed by atoms with E-state index in [1.54, 1.807) is 0 Å². The lowest BCUT2D eigenvalue weighted by atomic mass is 9.79. The number of amides is 2. The maximum Gasteiger partial charge on any atom is 0.283 e.